The molecule has 1 aromatic rings. The summed E-state index contributed by atoms with van der Waals surface area (Å²) in [7, 11) is 0. The Labute approximate surface area is 143 Å². The number of nitrogen functional groups attached to an aromatic ring is 1. The molecule has 0 aromatic carbocycles. The molecule has 1 fully saturated rings. The largest absolute Gasteiger partial charge is 0.384 e. The number of hydrogen-bond donors (Lipinski definition) is 2. The predicted octanol–water partition coefficient (Wildman–Crippen LogP) is 0.825. The molecule has 23 heavy (non-hydrogen) atoms. The van der Waals surface area contributed by atoms with E-state index in [0.717, 1.165) is 25.9 Å². The summed E-state index contributed by atoms with van der Waals surface area (Å²) < 4.78 is 1.88. The summed E-state index contributed by atoms with van der Waals surface area (Å²) in [6.45, 7) is 4.04. The normalized spacial score (nSPS) is 14.2. The number of carbonyl (C=O) groups is 1. The van der Waals surface area contributed by atoms with Gasteiger partial charge in [-0.2, -0.15) is 0 Å². The van der Waals surface area contributed by atoms with Crippen LogP contribution in [0.25, 0.3) is 0 Å². The van der Waals surface area contributed by atoms with Gasteiger partial charge in [-0.25, -0.2) is 4.79 Å². The fourth-order valence-electron chi connectivity index (χ4n) is 2.49. The van der Waals surface area contributed by atoms with Crippen molar-refractivity contribution in [3.05, 3.63) is 26.4 Å². The molecule has 0 amide bonds. The molecule has 2 rings (SSSR count). The Hall–Kier alpha value is -1.61. The van der Waals surface area contributed by atoms with Crippen molar-refractivity contribution >= 4 is 39.9 Å². The second-order valence-corrected chi connectivity index (χ2v) is 6.95. The average Bonchev–Trinajstić information content (AvgIpc) is 3.03. The van der Waals surface area contributed by atoms with Gasteiger partial charge < -0.3 is 10.6 Å². The predicted molar refractivity (Wildman–Crippen MR) is 96.2 cm³/mol. The van der Waals surface area contributed by atoms with Crippen LogP contribution in [0.5, 0.6) is 0 Å². The first-order valence-corrected chi connectivity index (χ1v) is 8.92. The van der Waals surface area contributed by atoms with E-state index in [1.165, 1.54) is 16.3 Å². The first-order valence-electron chi connectivity index (χ1n) is 7.53. The van der Waals surface area contributed by atoms with Gasteiger partial charge in [-0.1, -0.05) is 30.9 Å². The third-order valence-corrected chi connectivity index (χ3v) is 5.18. The molecule has 0 saturated carbocycles. The molecule has 1 saturated heterocycles. The molecule has 0 spiro atoms. The topological polar surface area (TPSA) is 101 Å². The van der Waals surface area contributed by atoms with Crippen molar-refractivity contribution in [2.45, 2.75) is 32.7 Å². The van der Waals surface area contributed by atoms with Gasteiger partial charge in [0, 0.05) is 19.6 Å². The first-order chi connectivity index (χ1) is 11.0. The summed E-state index contributed by atoms with van der Waals surface area (Å²) in [4.78, 5) is 40.3. The number of rotatable bonds is 5. The number of nitrogens with two attached hydrogens (primary N) is 1. The van der Waals surface area contributed by atoms with Gasteiger partial charge in [-0.3, -0.25) is 19.1 Å². The van der Waals surface area contributed by atoms with Gasteiger partial charge in [-0.05, 0) is 19.3 Å². The molecule has 0 radical (unpaired) electrons. The zero-order chi connectivity index (χ0) is 17.0. The van der Waals surface area contributed by atoms with Gasteiger partial charge in [0.05, 0.1) is 5.75 Å². The van der Waals surface area contributed by atoms with E-state index in [4.69, 9.17) is 18.0 Å². The highest BCUT2D eigenvalue weighted by molar-refractivity contribution is 8.23. The van der Waals surface area contributed by atoms with Gasteiger partial charge in [-0.15, -0.1) is 0 Å². The van der Waals surface area contributed by atoms with E-state index in [2.05, 4.69) is 9.88 Å². The second kappa shape index (κ2) is 7.78. The minimum atomic E-state index is -0.738. The van der Waals surface area contributed by atoms with Crippen molar-refractivity contribution in [1.82, 2.24) is 14.5 Å². The highest BCUT2D eigenvalue weighted by Crippen LogP contribution is 2.17. The molecule has 0 unspecified atom stereocenters. The van der Waals surface area contributed by atoms with Crippen LogP contribution in [0.3, 0.4) is 0 Å². The minimum absolute atomic E-state index is 0.0347. The molecule has 1 aliphatic rings. The van der Waals surface area contributed by atoms with Crippen molar-refractivity contribution in [1.29, 1.82) is 0 Å². The summed E-state index contributed by atoms with van der Waals surface area (Å²) in [6.07, 6.45) is 2.87. The lowest BCUT2D eigenvalue weighted by molar-refractivity contribution is 0.102. The van der Waals surface area contributed by atoms with E-state index in [0.29, 0.717) is 17.3 Å². The number of aromatic amines is 1. The molecular formula is C14H20N4O3S2. The third kappa shape index (κ3) is 4.03. The van der Waals surface area contributed by atoms with Gasteiger partial charge in [0.15, 0.2) is 5.78 Å². The monoisotopic (exact) mass is 356 g/mol. The minimum Gasteiger partial charge on any atom is -0.384 e. The fraction of sp³-hybridized carbons (Fsp3) is 0.571. The highest BCUT2D eigenvalue weighted by atomic mass is 32.2. The number of nitrogens with zero attached hydrogens (tertiary/aromatic N) is 2. The number of H-pyrrole nitrogens is 1. The zero-order valence-electron chi connectivity index (χ0n) is 13.0. The Bertz CT molecular complexity index is 720. The van der Waals surface area contributed by atoms with Crippen LogP contribution in [-0.2, 0) is 6.54 Å². The summed E-state index contributed by atoms with van der Waals surface area (Å²) in [5.41, 5.74) is 4.38. The van der Waals surface area contributed by atoms with Crippen molar-refractivity contribution in [2.24, 2.45) is 0 Å². The number of aromatic nitrogens is 2. The van der Waals surface area contributed by atoms with Crippen molar-refractivity contribution < 1.29 is 4.79 Å². The number of Topliss-reactive ketones (excluding diaryl/α,β-unsaturated/α-hetero) is 1. The number of thiocarbonyl (C=S) groups is 1. The Morgan fingerprint density at radius 3 is 2.61 bits per heavy atom. The number of likely N-dealkylation sites (tertiary alicyclic amines) is 1. The number of anilines is 1. The Morgan fingerprint density at radius 2 is 2.00 bits per heavy atom. The Morgan fingerprint density at radius 1 is 1.35 bits per heavy atom. The fourth-order valence-corrected chi connectivity index (χ4v) is 3.62. The maximum absolute atomic E-state index is 12.4. The smallest absolute Gasteiger partial charge is 0.329 e. The number of ketones is 1. The maximum Gasteiger partial charge on any atom is 0.329 e. The SMILES string of the molecule is CCCn1c(N)c(C(=O)CSC(=S)N2CCCC2)c(=O)[nH]c1=O. The van der Waals surface area contributed by atoms with Crippen LogP contribution < -0.4 is 17.0 Å². The quantitative estimate of drug-likeness (QED) is 0.595. The standard InChI is InChI=1S/C14H20N4O3S2/c1-2-5-18-11(15)10(12(20)16-13(18)21)9(19)8-23-14(22)17-6-3-4-7-17/h2-8,15H2,1H3,(H,16,20,21). The van der Waals surface area contributed by atoms with Crippen LogP contribution in [0, 0.1) is 0 Å². The van der Waals surface area contributed by atoms with Gasteiger partial charge >= 0.3 is 5.69 Å². The second-order valence-electron chi connectivity index (χ2n) is 5.34. The van der Waals surface area contributed by atoms with Crippen LogP contribution >= 0.6 is 24.0 Å². The molecule has 0 bridgehead atoms. The zero-order valence-corrected chi connectivity index (χ0v) is 14.6. The van der Waals surface area contributed by atoms with Crippen LogP contribution in [0.4, 0.5) is 5.82 Å². The van der Waals surface area contributed by atoms with Gasteiger partial charge in [0.2, 0.25) is 0 Å². The number of nitrogens with one attached hydrogen (secondary N) is 1. The van der Waals surface area contributed by atoms with Crippen LogP contribution in [0.15, 0.2) is 9.59 Å². The summed E-state index contributed by atoms with van der Waals surface area (Å²) in [5, 5.41) is 0. The number of thioether (sulfide) groups is 1. The molecule has 9 heteroatoms. The lowest BCUT2D eigenvalue weighted by Gasteiger charge is -2.17. The van der Waals surface area contributed by atoms with Crippen LogP contribution in [0.1, 0.15) is 36.5 Å². The lowest BCUT2D eigenvalue weighted by atomic mass is 10.2. The molecule has 1 aromatic heterocycles. The summed E-state index contributed by atoms with van der Waals surface area (Å²) in [5.74, 6) is -0.453. The van der Waals surface area contributed by atoms with E-state index in [1.807, 2.05) is 6.92 Å². The molecule has 1 aliphatic heterocycles. The van der Waals surface area contributed by atoms with E-state index >= 15 is 0 Å². The maximum atomic E-state index is 12.4. The first kappa shape index (κ1) is 17.7. The summed E-state index contributed by atoms with van der Waals surface area (Å²) in [6, 6.07) is 0. The van der Waals surface area contributed by atoms with Crippen molar-refractivity contribution in [2.75, 3.05) is 24.6 Å². The van der Waals surface area contributed by atoms with Gasteiger partial charge in [0.25, 0.3) is 5.56 Å². The third-order valence-electron chi connectivity index (χ3n) is 3.66. The van der Waals surface area contributed by atoms with Crippen LogP contribution in [-0.4, -0.2) is 43.4 Å². The van der Waals surface area contributed by atoms with E-state index < -0.39 is 17.0 Å². The molecule has 2 heterocycles. The van der Waals surface area contributed by atoms with Gasteiger partial charge in [0.1, 0.15) is 15.7 Å². The molecule has 3 N–H and O–H groups in total. The Balaban J connectivity index is 2.15. The molecule has 0 aliphatic carbocycles. The number of hydrogen-bond acceptors (Lipinski definition) is 6. The van der Waals surface area contributed by atoms with Crippen LogP contribution in [0.2, 0.25) is 0 Å². The van der Waals surface area contributed by atoms with E-state index in [-0.39, 0.29) is 17.1 Å². The molecular weight excluding hydrogens is 336 g/mol. The van der Waals surface area contributed by atoms with E-state index in [1.54, 1.807) is 0 Å². The molecule has 7 nitrogen and oxygen atoms in total. The molecule has 0 atom stereocenters. The number of carbonyl (C=O) groups excluding carboxylic acids is 1. The lowest BCUT2D eigenvalue weighted by Crippen LogP contribution is -2.36. The average molecular weight is 356 g/mol. The van der Waals surface area contributed by atoms with E-state index in [9.17, 15) is 14.4 Å². The van der Waals surface area contributed by atoms with Crippen molar-refractivity contribution in [3.8, 4) is 0 Å². The summed E-state index contributed by atoms with van der Waals surface area (Å²) >= 11 is 6.53. The van der Waals surface area contributed by atoms with Crippen molar-refractivity contribution in [3.63, 3.8) is 0 Å². The Kier molecular flexibility index (Phi) is 6.00. The molecule has 126 valence electrons. The highest BCUT2D eigenvalue weighted by Gasteiger charge is 2.21.